The number of rotatable bonds is 10. The van der Waals surface area contributed by atoms with Crippen LogP contribution in [-0.2, 0) is 9.59 Å². The molecule has 44 heavy (non-hydrogen) atoms. The van der Waals surface area contributed by atoms with Gasteiger partial charge in [-0.3, -0.25) is 19.4 Å². The van der Waals surface area contributed by atoms with Crippen LogP contribution in [0.25, 0.3) is 6.08 Å². The average Bonchev–Trinajstić information content (AvgIpc) is 3.05. The van der Waals surface area contributed by atoms with Gasteiger partial charge in [0.1, 0.15) is 10.9 Å². The molecule has 0 spiro atoms. The molecule has 0 radical (unpaired) electrons. The lowest BCUT2D eigenvalue weighted by Crippen LogP contribution is -2.30. The number of nitrogens with zero attached hydrogens (tertiary/aromatic N) is 1. The van der Waals surface area contributed by atoms with Crippen LogP contribution in [-0.4, -0.2) is 22.7 Å². The van der Waals surface area contributed by atoms with Crippen molar-refractivity contribution >= 4 is 62.9 Å². The Morgan fingerprint density at radius 3 is 2.16 bits per heavy atom. The molecule has 9 heteroatoms. The van der Waals surface area contributed by atoms with E-state index in [9.17, 15) is 14.4 Å². The quantitative estimate of drug-likeness (QED) is 0.105. The van der Waals surface area contributed by atoms with Gasteiger partial charge in [-0.15, -0.1) is 11.8 Å². The first-order valence-electron chi connectivity index (χ1n) is 13.6. The van der Waals surface area contributed by atoms with E-state index in [4.69, 9.17) is 0 Å². The van der Waals surface area contributed by atoms with Crippen LogP contribution in [0.4, 0.5) is 11.4 Å². The van der Waals surface area contributed by atoms with Gasteiger partial charge < -0.3 is 16.0 Å². The molecule has 1 unspecified atom stereocenters. The Morgan fingerprint density at radius 1 is 0.727 bits per heavy atom. The number of amides is 3. The van der Waals surface area contributed by atoms with Gasteiger partial charge in [0.05, 0.1) is 0 Å². The van der Waals surface area contributed by atoms with Crippen molar-refractivity contribution < 1.29 is 14.4 Å². The number of carbonyl (C=O) groups excluding carboxylic acids is 3. The molecule has 0 saturated heterocycles. The van der Waals surface area contributed by atoms with E-state index >= 15 is 0 Å². The van der Waals surface area contributed by atoms with Crippen molar-refractivity contribution in [2.75, 3.05) is 10.6 Å². The number of pyridine rings is 1. The maximum Gasteiger partial charge on any atom is 0.272 e. The minimum absolute atomic E-state index is 0.0777. The fourth-order valence-electron chi connectivity index (χ4n) is 4.23. The highest BCUT2D eigenvalue weighted by Gasteiger charge is 2.23. The number of halogens is 1. The van der Waals surface area contributed by atoms with Gasteiger partial charge >= 0.3 is 0 Å². The van der Waals surface area contributed by atoms with Crippen molar-refractivity contribution in [3.8, 4) is 0 Å². The largest absolute Gasteiger partial charge is 0.325 e. The molecule has 4 aromatic carbocycles. The molecule has 0 aliphatic rings. The van der Waals surface area contributed by atoms with Crippen LogP contribution in [0.5, 0.6) is 0 Å². The molecular formula is C35H27BrN4O3S. The van der Waals surface area contributed by atoms with E-state index in [2.05, 4.69) is 36.9 Å². The molecule has 1 atom stereocenters. The molecule has 1 aromatic heterocycles. The molecule has 1 heterocycles. The predicted octanol–water partition coefficient (Wildman–Crippen LogP) is 7.73. The maximum atomic E-state index is 13.6. The van der Waals surface area contributed by atoms with Crippen molar-refractivity contribution in [1.82, 2.24) is 10.3 Å². The molecule has 0 saturated carbocycles. The Morgan fingerprint density at radius 2 is 1.43 bits per heavy atom. The predicted molar refractivity (Wildman–Crippen MR) is 179 cm³/mol. The molecule has 5 aromatic rings. The van der Waals surface area contributed by atoms with Crippen molar-refractivity contribution in [1.29, 1.82) is 0 Å². The van der Waals surface area contributed by atoms with Crippen molar-refractivity contribution in [3.63, 3.8) is 0 Å². The number of aromatic nitrogens is 1. The second kappa shape index (κ2) is 15.0. The number of nitrogens with one attached hydrogen (secondary N) is 3. The van der Waals surface area contributed by atoms with E-state index in [-0.39, 0.29) is 11.6 Å². The summed E-state index contributed by atoms with van der Waals surface area (Å²) in [5.74, 6) is -1.09. The third kappa shape index (κ3) is 8.53. The molecule has 7 nitrogen and oxygen atoms in total. The van der Waals surface area contributed by atoms with Crippen LogP contribution in [0.15, 0.2) is 149 Å². The highest BCUT2D eigenvalue weighted by Crippen LogP contribution is 2.37. The first-order valence-corrected chi connectivity index (χ1v) is 15.3. The highest BCUT2D eigenvalue weighted by atomic mass is 79.9. The van der Waals surface area contributed by atoms with Crippen LogP contribution >= 0.6 is 27.7 Å². The lowest BCUT2D eigenvalue weighted by Gasteiger charge is -2.18. The number of hydrogen-bond donors (Lipinski definition) is 3. The van der Waals surface area contributed by atoms with Crippen molar-refractivity contribution in [3.05, 3.63) is 161 Å². The van der Waals surface area contributed by atoms with Crippen molar-refractivity contribution in [2.45, 2.75) is 10.1 Å². The van der Waals surface area contributed by atoms with E-state index < -0.39 is 17.1 Å². The minimum Gasteiger partial charge on any atom is -0.325 e. The number of anilines is 2. The summed E-state index contributed by atoms with van der Waals surface area (Å²) in [5.41, 5.74) is 3.23. The van der Waals surface area contributed by atoms with E-state index in [1.807, 2.05) is 66.7 Å². The summed E-state index contributed by atoms with van der Waals surface area (Å²) in [4.78, 5) is 44.7. The van der Waals surface area contributed by atoms with Gasteiger partial charge in [-0.25, -0.2) is 0 Å². The fraction of sp³-hybridized carbons (Fsp3) is 0.0286. The molecule has 5 rings (SSSR count). The van der Waals surface area contributed by atoms with Gasteiger partial charge in [0.2, 0.25) is 5.91 Å². The number of thioether (sulfide) groups is 1. The molecule has 0 bridgehead atoms. The van der Waals surface area contributed by atoms with Crippen LogP contribution in [0.2, 0.25) is 0 Å². The summed E-state index contributed by atoms with van der Waals surface area (Å²) in [5, 5.41) is 8.06. The molecule has 3 amide bonds. The zero-order valence-electron chi connectivity index (χ0n) is 23.3. The van der Waals surface area contributed by atoms with Gasteiger partial charge in [0.15, 0.2) is 0 Å². The lowest BCUT2D eigenvalue weighted by molar-refractivity contribution is -0.116. The Kier molecular flexibility index (Phi) is 10.4. The normalized spacial score (nSPS) is 11.7. The molecule has 218 valence electrons. The van der Waals surface area contributed by atoms with Crippen LogP contribution < -0.4 is 16.0 Å². The zero-order chi connectivity index (χ0) is 30.7. The molecule has 0 fully saturated rings. The van der Waals surface area contributed by atoms with Gasteiger partial charge in [0, 0.05) is 38.7 Å². The number of hydrogen-bond acceptors (Lipinski definition) is 5. The number of carbonyl (C=O) groups is 3. The van der Waals surface area contributed by atoms with E-state index in [0.717, 1.165) is 20.5 Å². The summed E-state index contributed by atoms with van der Waals surface area (Å²) < 4.78 is 0.839. The Balaban J connectivity index is 1.37. The molecule has 0 aliphatic carbocycles. The lowest BCUT2D eigenvalue weighted by atomic mass is 10.1. The second-order valence-electron chi connectivity index (χ2n) is 9.55. The van der Waals surface area contributed by atoms with E-state index in [1.54, 1.807) is 73.1 Å². The van der Waals surface area contributed by atoms with Gasteiger partial charge in [-0.2, -0.15) is 0 Å². The van der Waals surface area contributed by atoms with Crippen LogP contribution in [0.1, 0.15) is 26.7 Å². The molecule has 0 aliphatic heterocycles. The summed E-state index contributed by atoms with van der Waals surface area (Å²) in [7, 11) is 0. The SMILES string of the molecule is O=C(Nc1cccc(SC(C(=O)Nc2ccncc2)c2ccccc2)c1)/C(=C\c1cccc(Br)c1)NC(=O)c1ccccc1. The first kappa shape index (κ1) is 30.5. The molecular weight excluding hydrogens is 636 g/mol. The minimum atomic E-state index is -0.563. The highest BCUT2D eigenvalue weighted by molar-refractivity contribution is 9.10. The fourth-order valence-corrected chi connectivity index (χ4v) is 5.73. The van der Waals surface area contributed by atoms with Crippen molar-refractivity contribution in [2.24, 2.45) is 0 Å². The summed E-state index contributed by atoms with van der Waals surface area (Å²) in [6.07, 6.45) is 4.86. The topological polar surface area (TPSA) is 100 Å². The Bertz CT molecular complexity index is 1780. The third-order valence-electron chi connectivity index (χ3n) is 6.32. The van der Waals surface area contributed by atoms with Crippen LogP contribution in [0, 0.1) is 0 Å². The van der Waals surface area contributed by atoms with E-state index in [0.29, 0.717) is 16.9 Å². The summed E-state index contributed by atoms with van der Waals surface area (Å²) >= 11 is 4.81. The smallest absolute Gasteiger partial charge is 0.272 e. The Hall–Kier alpha value is -4.99. The summed E-state index contributed by atoms with van der Waals surface area (Å²) in [6, 6.07) is 36.3. The summed E-state index contributed by atoms with van der Waals surface area (Å²) in [6.45, 7) is 0. The van der Waals surface area contributed by atoms with Gasteiger partial charge in [-0.05, 0) is 71.8 Å². The zero-order valence-corrected chi connectivity index (χ0v) is 25.7. The monoisotopic (exact) mass is 662 g/mol. The first-order chi connectivity index (χ1) is 21.4. The molecule has 3 N–H and O–H groups in total. The standard InChI is InChI=1S/C35H27BrN4O3S/c36-27-14-7-9-24(21-27)22-31(40-33(41)26-12-5-2-6-13-26)34(42)39-29-15-8-16-30(23-29)44-32(25-10-3-1-4-11-25)35(43)38-28-17-19-37-20-18-28/h1-23,32H,(H,39,42)(H,40,41)(H,37,38,43)/b31-22+. The number of benzene rings is 4. The van der Waals surface area contributed by atoms with E-state index in [1.165, 1.54) is 11.8 Å². The average molecular weight is 664 g/mol. The third-order valence-corrected chi connectivity index (χ3v) is 8.06. The van der Waals surface area contributed by atoms with Crippen LogP contribution in [0.3, 0.4) is 0 Å². The Labute approximate surface area is 268 Å². The second-order valence-corrected chi connectivity index (χ2v) is 11.6. The van der Waals surface area contributed by atoms with Gasteiger partial charge in [0.25, 0.3) is 11.8 Å². The van der Waals surface area contributed by atoms with Gasteiger partial charge in [-0.1, -0.05) is 82.7 Å². The maximum absolute atomic E-state index is 13.6.